The number of carbonyl (C=O) groups is 1. The van der Waals surface area contributed by atoms with Crippen molar-refractivity contribution in [2.24, 2.45) is 0 Å². The number of rotatable bonds is 5. The van der Waals surface area contributed by atoms with Crippen molar-refractivity contribution in [3.63, 3.8) is 0 Å². The molecule has 0 saturated carbocycles. The molecule has 1 aromatic heterocycles. The Labute approximate surface area is 126 Å². The molecule has 1 aliphatic heterocycles. The molecular weight excluding hydrogens is 290 g/mol. The van der Waals surface area contributed by atoms with E-state index in [1.54, 1.807) is 7.11 Å². The van der Waals surface area contributed by atoms with Crippen molar-refractivity contribution >= 4 is 17.2 Å². The Morgan fingerprint density at radius 1 is 1.33 bits per heavy atom. The Hall–Kier alpha value is -2.05. The van der Waals surface area contributed by atoms with Gasteiger partial charge in [-0.05, 0) is 17.5 Å². The molecule has 0 atom stereocenters. The van der Waals surface area contributed by atoms with E-state index in [0.717, 1.165) is 16.9 Å². The molecule has 110 valence electrons. The van der Waals surface area contributed by atoms with Crippen molar-refractivity contribution < 1.29 is 19.0 Å². The van der Waals surface area contributed by atoms with E-state index in [0.29, 0.717) is 23.8 Å². The lowest BCUT2D eigenvalue weighted by Crippen LogP contribution is -2.23. The molecule has 1 aromatic carbocycles. The van der Waals surface area contributed by atoms with Crippen LogP contribution in [-0.2, 0) is 17.9 Å². The molecule has 5 nitrogen and oxygen atoms in total. The van der Waals surface area contributed by atoms with Crippen LogP contribution in [0.2, 0.25) is 0 Å². The molecule has 0 spiro atoms. The highest BCUT2D eigenvalue weighted by atomic mass is 32.1. The first kappa shape index (κ1) is 13.9. The zero-order valence-electron chi connectivity index (χ0n) is 11.5. The van der Waals surface area contributed by atoms with Crippen molar-refractivity contribution in [2.75, 3.05) is 13.9 Å². The van der Waals surface area contributed by atoms with Gasteiger partial charge in [-0.1, -0.05) is 12.1 Å². The summed E-state index contributed by atoms with van der Waals surface area (Å²) in [6.45, 7) is 1.06. The minimum absolute atomic E-state index is 0.103. The Morgan fingerprint density at radius 2 is 2.24 bits per heavy atom. The lowest BCUT2D eigenvalue weighted by Gasteiger charge is -2.08. The summed E-state index contributed by atoms with van der Waals surface area (Å²) in [5.41, 5.74) is 1.81. The third kappa shape index (κ3) is 2.86. The monoisotopic (exact) mass is 305 g/mol. The van der Waals surface area contributed by atoms with Gasteiger partial charge >= 0.3 is 0 Å². The van der Waals surface area contributed by atoms with Gasteiger partial charge < -0.3 is 19.5 Å². The van der Waals surface area contributed by atoms with E-state index in [2.05, 4.69) is 5.32 Å². The van der Waals surface area contributed by atoms with Gasteiger partial charge in [0.25, 0.3) is 5.91 Å². The van der Waals surface area contributed by atoms with Gasteiger partial charge in [0.05, 0.1) is 11.5 Å². The fraction of sp³-hybridized carbons (Fsp3) is 0.267. The molecule has 6 heteroatoms. The number of methoxy groups -OCH3 is 1. The van der Waals surface area contributed by atoms with Gasteiger partial charge in [0.2, 0.25) is 6.79 Å². The smallest absolute Gasteiger partial charge is 0.261 e. The topological polar surface area (TPSA) is 56.8 Å². The van der Waals surface area contributed by atoms with Gasteiger partial charge in [-0.25, -0.2) is 0 Å². The number of hydrogen-bond acceptors (Lipinski definition) is 5. The van der Waals surface area contributed by atoms with E-state index in [1.165, 1.54) is 11.3 Å². The maximum Gasteiger partial charge on any atom is 0.261 e. The zero-order chi connectivity index (χ0) is 14.7. The number of carbonyl (C=O) groups excluding carboxylic acids is 1. The number of benzene rings is 1. The lowest BCUT2D eigenvalue weighted by atomic mass is 10.2. The van der Waals surface area contributed by atoms with Crippen LogP contribution in [0, 0.1) is 0 Å². The van der Waals surface area contributed by atoms with Crippen LogP contribution in [-0.4, -0.2) is 19.8 Å². The van der Waals surface area contributed by atoms with Gasteiger partial charge in [0.15, 0.2) is 11.5 Å². The van der Waals surface area contributed by atoms with E-state index < -0.39 is 0 Å². The Bertz CT molecular complexity index is 653. The predicted octanol–water partition coefficient (Wildman–Crippen LogP) is 2.55. The summed E-state index contributed by atoms with van der Waals surface area (Å²) < 4.78 is 15.8. The van der Waals surface area contributed by atoms with Crippen LogP contribution >= 0.6 is 11.3 Å². The summed E-state index contributed by atoms with van der Waals surface area (Å²) in [5.74, 6) is 1.33. The van der Waals surface area contributed by atoms with Crippen molar-refractivity contribution in [1.29, 1.82) is 0 Å². The number of ether oxygens (including phenoxy) is 3. The number of hydrogen-bond donors (Lipinski definition) is 1. The normalized spacial score (nSPS) is 12.4. The van der Waals surface area contributed by atoms with Crippen molar-refractivity contribution in [3.05, 3.63) is 45.6 Å². The maximum absolute atomic E-state index is 12.2. The summed E-state index contributed by atoms with van der Waals surface area (Å²) in [6.07, 6.45) is 0. The average molecular weight is 305 g/mol. The summed E-state index contributed by atoms with van der Waals surface area (Å²) in [6, 6.07) is 7.55. The first-order valence-electron chi connectivity index (χ1n) is 6.50. The zero-order valence-corrected chi connectivity index (χ0v) is 12.4. The predicted molar refractivity (Wildman–Crippen MR) is 78.8 cm³/mol. The van der Waals surface area contributed by atoms with Crippen LogP contribution in [0.3, 0.4) is 0 Å². The maximum atomic E-state index is 12.2. The van der Waals surface area contributed by atoms with E-state index in [9.17, 15) is 4.79 Å². The van der Waals surface area contributed by atoms with Crippen LogP contribution in [0.5, 0.6) is 11.5 Å². The van der Waals surface area contributed by atoms with Gasteiger partial charge in [0, 0.05) is 24.8 Å². The fourth-order valence-corrected chi connectivity index (χ4v) is 3.02. The highest BCUT2D eigenvalue weighted by Gasteiger charge is 2.18. The highest BCUT2D eigenvalue weighted by Crippen LogP contribution is 2.35. The molecule has 1 N–H and O–H groups in total. The second-order valence-corrected chi connectivity index (χ2v) is 5.46. The molecule has 3 rings (SSSR count). The van der Waals surface area contributed by atoms with Gasteiger partial charge in [-0.3, -0.25) is 4.79 Å². The number of fused-ring (bicyclic) bond motifs is 1. The van der Waals surface area contributed by atoms with Crippen molar-refractivity contribution in [3.8, 4) is 11.5 Å². The van der Waals surface area contributed by atoms with E-state index in [-0.39, 0.29) is 12.7 Å². The first-order chi connectivity index (χ1) is 10.3. The van der Waals surface area contributed by atoms with Crippen LogP contribution < -0.4 is 14.8 Å². The molecule has 2 heterocycles. The lowest BCUT2D eigenvalue weighted by molar-refractivity contribution is 0.0950. The molecule has 0 radical (unpaired) electrons. The minimum atomic E-state index is -0.103. The average Bonchev–Trinajstić information content (AvgIpc) is 3.13. The van der Waals surface area contributed by atoms with Crippen molar-refractivity contribution in [2.45, 2.75) is 13.2 Å². The third-order valence-electron chi connectivity index (χ3n) is 3.17. The Balaban J connectivity index is 1.69. The van der Waals surface area contributed by atoms with E-state index in [4.69, 9.17) is 14.2 Å². The SMILES string of the molecule is COCc1ccsc1C(=O)NCc1cccc2c1OCO2. The van der Waals surface area contributed by atoms with Crippen LogP contribution in [0.1, 0.15) is 20.8 Å². The molecule has 0 bridgehead atoms. The van der Waals surface area contributed by atoms with Crippen LogP contribution in [0.4, 0.5) is 0 Å². The molecule has 2 aromatic rings. The first-order valence-corrected chi connectivity index (χ1v) is 7.38. The van der Waals surface area contributed by atoms with Crippen molar-refractivity contribution in [1.82, 2.24) is 5.32 Å². The number of para-hydroxylation sites is 1. The fourth-order valence-electron chi connectivity index (χ4n) is 2.19. The number of nitrogens with one attached hydrogen (secondary N) is 1. The Kier molecular flexibility index (Phi) is 4.08. The second-order valence-electron chi connectivity index (χ2n) is 4.54. The van der Waals surface area contributed by atoms with Crippen LogP contribution in [0.25, 0.3) is 0 Å². The second kappa shape index (κ2) is 6.15. The molecule has 21 heavy (non-hydrogen) atoms. The summed E-state index contributed by atoms with van der Waals surface area (Å²) in [4.78, 5) is 12.9. The van der Waals surface area contributed by atoms with E-state index >= 15 is 0 Å². The summed E-state index contributed by atoms with van der Waals surface area (Å²) >= 11 is 1.41. The summed E-state index contributed by atoms with van der Waals surface area (Å²) in [7, 11) is 1.62. The molecule has 0 unspecified atom stereocenters. The third-order valence-corrected chi connectivity index (χ3v) is 4.13. The number of thiophene rings is 1. The quantitative estimate of drug-likeness (QED) is 0.922. The minimum Gasteiger partial charge on any atom is -0.454 e. The van der Waals surface area contributed by atoms with Gasteiger partial charge in [-0.2, -0.15) is 0 Å². The molecule has 1 amide bonds. The largest absolute Gasteiger partial charge is 0.454 e. The standard InChI is InChI=1S/C15H15NO4S/c1-18-8-11-5-6-21-14(11)15(17)16-7-10-3-2-4-12-13(10)20-9-19-12/h2-6H,7-9H2,1H3,(H,16,17). The molecular formula is C15H15NO4S. The summed E-state index contributed by atoms with van der Waals surface area (Å²) in [5, 5.41) is 4.80. The molecule has 1 aliphatic rings. The number of amides is 1. The van der Waals surface area contributed by atoms with Crippen LogP contribution in [0.15, 0.2) is 29.6 Å². The molecule has 0 aliphatic carbocycles. The Morgan fingerprint density at radius 3 is 3.10 bits per heavy atom. The van der Waals surface area contributed by atoms with E-state index in [1.807, 2.05) is 29.6 Å². The highest BCUT2D eigenvalue weighted by molar-refractivity contribution is 7.12. The molecule has 0 fully saturated rings. The molecule has 0 saturated heterocycles. The van der Waals surface area contributed by atoms with Gasteiger partial charge in [0.1, 0.15) is 0 Å². The van der Waals surface area contributed by atoms with Gasteiger partial charge in [-0.15, -0.1) is 11.3 Å².